The van der Waals surface area contributed by atoms with Crippen LogP contribution in [-0.2, 0) is 0 Å². The van der Waals surface area contributed by atoms with E-state index in [2.05, 4.69) is 26.2 Å². The summed E-state index contributed by atoms with van der Waals surface area (Å²) >= 11 is 3.42. The molecule has 4 nitrogen and oxygen atoms in total. The fourth-order valence-corrected chi connectivity index (χ4v) is 2.23. The Balaban J connectivity index is 2.24. The quantitative estimate of drug-likeness (QED) is 0.888. The van der Waals surface area contributed by atoms with Crippen molar-refractivity contribution in [3.63, 3.8) is 0 Å². The molecule has 1 aromatic heterocycles. The van der Waals surface area contributed by atoms with Gasteiger partial charge in [0.2, 0.25) is 0 Å². The van der Waals surface area contributed by atoms with Crippen LogP contribution in [0.2, 0.25) is 0 Å². The molecule has 3 N–H and O–H groups in total. The van der Waals surface area contributed by atoms with Gasteiger partial charge in [0, 0.05) is 23.4 Å². The Morgan fingerprint density at radius 3 is 2.84 bits per heavy atom. The van der Waals surface area contributed by atoms with E-state index < -0.39 is 0 Å². The number of para-hydroxylation sites is 2. The van der Waals surface area contributed by atoms with Crippen LogP contribution in [0.3, 0.4) is 0 Å². The third-order valence-corrected chi connectivity index (χ3v) is 3.23. The lowest BCUT2D eigenvalue weighted by atomic mass is 10.1. The molecule has 0 bridgehead atoms. The summed E-state index contributed by atoms with van der Waals surface area (Å²) in [6.45, 7) is 0.468. The first-order valence-electron chi connectivity index (χ1n) is 5.94. The molecule has 1 atom stereocenters. The van der Waals surface area contributed by atoms with Crippen molar-refractivity contribution in [1.82, 2.24) is 4.98 Å². The molecule has 0 saturated heterocycles. The maximum Gasteiger partial charge on any atom is 0.141 e. The van der Waals surface area contributed by atoms with Gasteiger partial charge in [-0.2, -0.15) is 0 Å². The number of anilines is 1. The number of benzene rings is 1. The van der Waals surface area contributed by atoms with E-state index in [0.29, 0.717) is 6.54 Å². The Morgan fingerprint density at radius 1 is 1.37 bits per heavy atom. The number of nitrogens with one attached hydrogen (secondary N) is 1. The Kier molecular flexibility index (Phi) is 4.76. The van der Waals surface area contributed by atoms with E-state index in [1.165, 1.54) is 0 Å². The summed E-state index contributed by atoms with van der Waals surface area (Å²) in [5, 5.41) is 3.38. The highest BCUT2D eigenvalue weighted by Gasteiger charge is 2.12. The second-order valence-corrected chi connectivity index (χ2v) is 4.99. The summed E-state index contributed by atoms with van der Waals surface area (Å²) in [7, 11) is 1.65. The number of rotatable bonds is 5. The second-order valence-electron chi connectivity index (χ2n) is 4.07. The van der Waals surface area contributed by atoms with Crippen molar-refractivity contribution in [3.05, 3.63) is 52.8 Å². The molecule has 2 aromatic rings. The zero-order chi connectivity index (χ0) is 13.7. The molecule has 0 spiro atoms. The van der Waals surface area contributed by atoms with Crippen molar-refractivity contribution in [2.75, 3.05) is 19.0 Å². The number of nitrogens with zero attached hydrogens (tertiary/aromatic N) is 1. The van der Waals surface area contributed by atoms with Crippen LogP contribution >= 0.6 is 15.9 Å². The fourth-order valence-electron chi connectivity index (χ4n) is 1.85. The van der Waals surface area contributed by atoms with Gasteiger partial charge in [0.25, 0.3) is 0 Å². The zero-order valence-corrected chi connectivity index (χ0v) is 12.2. The van der Waals surface area contributed by atoms with Crippen molar-refractivity contribution < 1.29 is 4.74 Å². The van der Waals surface area contributed by atoms with Gasteiger partial charge in [0.05, 0.1) is 18.8 Å². The molecule has 1 unspecified atom stereocenters. The summed E-state index contributed by atoms with van der Waals surface area (Å²) in [5.41, 5.74) is 7.80. The average Bonchev–Trinajstić information content (AvgIpc) is 2.45. The van der Waals surface area contributed by atoms with Gasteiger partial charge in [0.1, 0.15) is 5.75 Å². The predicted octanol–water partition coefficient (Wildman–Crippen LogP) is 2.96. The number of ether oxygens (including phenoxy) is 1. The van der Waals surface area contributed by atoms with Gasteiger partial charge in [-0.15, -0.1) is 0 Å². The van der Waals surface area contributed by atoms with Crippen LogP contribution in [0.5, 0.6) is 5.75 Å². The minimum atomic E-state index is -0.0127. The van der Waals surface area contributed by atoms with Crippen LogP contribution in [0.4, 0.5) is 5.69 Å². The van der Waals surface area contributed by atoms with Gasteiger partial charge in [-0.1, -0.05) is 12.1 Å². The molecule has 0 amide bonds. The highest BCUT2D eigenvalue weighted by molar-refractivity contribution is 9.10. The summed E-state index contributed by atoms with van der Waals surface area (Å²) < 4.78 is 6.26. The molecule has 0 fully saturated rings. The van der Waals surface area contributed by atoms with E-state index in [1.807, 2.05) is 36.5 Å². The minimum absolute atomic E-state index is 0.0127. The molecule has 19 heavy (non-hydrogen) atoms. The number of nitrogens with two attached hydrogens (primary N) is 1. The van der Waals surface area contributed by atoms with Crippen LogP contribution in [-0.4, -0.2) is 18.6 Å². The van der Waals surface area contributed by atoms with Gasteiger partial charge >= 0.3 is 0 Å². The fraction of sp³-hybridized carbons (Fsp3) is 0.214. The monoisotopic (exact) mass is 321 g/mol. The number of hydrogen-bond acceptors (Lipinski definition) is 4. The van der Waals surface area contributed by atoms with Crippen molar-refractivity contribution in [1.29, 1.82) is 0 Å². The summed E-state index contributed by atoms with van der Waals surface area (Å²) in [6.07, 6.45) is 3.56. The van der Waals surface area contributed by atoms with Crippen LogP contribution in [0, 0.1) is 0 Å². The molecule has 1 heterocycles. The molecule has 0 aliphatic heterocycles. The Morgan fingerprint density at radius 2 is 2.16 bits per heavy atom. The zero-order valence-electron chi connectivity index (χ0n) is 10.6. The third kappa shape index (κ3) is 3.45. The number of hydrogen-bond donors (Lipinski definition) is 2. The van der Waals surface area contributed by atoms with E-state index >= 15 is 0 Å². The van der Waals surface area contributed by atoms with Crippen LogP contribution in [0.1, 0.15) is 11.6 Å². The van der Waals surface area contributed by atoms with Gasteiger partial charge in [-0.05, 0) is 39.7 Å². The lowest BCUT2D eigenvalue weighted by Crippen LogP contribution is -2.21. The molecule has 0 aliphatic rings. The maximum atomic E-state index is 5.85. The summed E-state index contributed by atoms with van der Waals surface area (Å²) in [6, 6.07) is 9.76. The number of pyridine rings is 1. The van der Waals surface area contributed by atoms with Crippen molar-refractivity contribution >= 4 is 21.6 Å². The van der Waals surface area contributed by atoms with Gasteiger partial charge < -0.3 is 15.8 Å². The Labute approximate surface area is 121 Å². The lowest BCUT2D eigenvalue weighted by Gasteiger charge is -2.20. The number of methoxy groups -OCH3 is 1. The predicted molar refractivity (Wildman–Crippen MR) is 80.3 cm³/mol. The van der Waals surface area contributed by atoms with E-state index in [9.17, 15) is 0 Å². The smallest absolute Gasteiger partial charge is 0.141 e. The van der Waals surface area contributed by atoms with Crippen LogP contribution in [0.15, 0.2) is 47.2 Å². The van der Waals surface area contributed by atoms with Crippen LogP contribution in [0.25, 0.3) is 0 Å². The summed E-state index contributed by atoms with van der Waals surface area (Å²) in [4.78, 5) is 4.16. The first-order valence-corrected chi connectivity index (χ1v) is 6.74. The van der Waals surface area contributed by atoms with Gasteiger partial charge in [-0.25, -0.2) is 0 Å². The molecule has 0 aliphatic carbocycles. The SMILES string of the molecule is COc1ccccc1NC(CN)c1cncc(Br)c1. The van der Waals surface area contributed by atoms with Crippen molar-refractivity contribution in [2.24, 2.45) is 5.73 Å². The maximum absolute atomic E-state index is 5.85. The first kappa shape index (κ1) is 13.8. The standard InChI is InChI=1S/C14H16BrN3O/c1-19-14-5-3-2-4-12(14)18-13(7-16)10-6-11(15)9-17-8-10/h2-6,8-9,13,18H,7,16H2,1H3. The minimum Gasteiger partial charge on any atom is -0.495 e. The van der Waals surface area contributed by atoms with Gasteiger partial charge in [-0.3, -0.25) is 4.98 Å². The van der Waals surface area contributed by atoms with E-state index in [0.717, 1.165) is 21.5 Å². The topological polar surface area (TPSA) is 60.2 Å². The Bertz CT molecular complexity index is 548. The average molecular weight is 322 g/mol. The van der Waals surface area contributed by atoms with E-state index in [4.69, 9.17) is 10.5 Å². The van der Waals surface area contributed by atoms with Gasteiger partial charge in [0.15, 0.2) is 0 Å². The third-order valence-electron chi connectivity index (χ3n) is 2.80. The molecule has 0 saturated carbocycles. The summed E-state index contributed by atoms with van der Waals surface area (Å²) in [5.74, 6) is 0.795. The molecule has 1 aromatic carbocycles. The Hall–Kier alpha value is -1.59. The normalized spacial score (nSPS) is 11.9. The highest BCUT2D eigenvalue weighted by atomic mass is 79.9. The van der Waals surface area contributed by atoms with E-state index in [1.54, 1.807) is 13.3 Å². The molecule has 2 rings (SSSR count). The second kappa shape index (κ2) is 6.54. The van der Waals surface area contributed by atoms with Crippen molar-refractivity contribution in [3.8, 4) is 5.75 Å². The van der Waals surface area contributed by atoms with Crippen LogP contribution < -0.4 is 15.8 Å². The van der Waals surface area contributed by atoms with Crippen molar-refractivity contribution in [2.45, 2.75) is 6.04 Å². The highest BCUT2D eigenvalue weighted by Crippen LogP contribution is 2.27. The molecule has 100 valence electrons. The number of aromatic nitrogens is 1. The first-order chi connectivity index (χ1) is 9.24. The number of halogens is 1. The van der Waals surface area contributed by atoms with E-state index in [-0.39, 0.29) is 6.04 Å². The molecular formula is C14H16BrN3O. The molecule has 5 heteroatoms. The lowest BCUT2D eigenvalue weighted by molar-refractivity contribution is 0.416. The molecule has 0 radical (unpaired) electrons. The molecular weight excluding hydrogens is 306 g/mol. The largest absolute Gasteiger partial charge is 0.495 e.